The first-order chi connectivity index (χ1) is 13.1. The molecule has 4 nitrogen and oxygen atoms in total. The normalized spacial score (nSPS) is 14.0. The van der Waals surface area contributed by atoms with E-state index in [2.05, 4.69) is 22.4 Å². The summed E-state index contributed by atoms with van der Waals surface area (Å²) in [6.45, 7) is 12.5. The number of aromatic amines is 1. The Morgan fingerprint density at radius 3 is 2.11 bits per heavy atom. The number of dihydropyridines is 1. The standard InChI is InChI=1S/C13H15NO.C6H7NO.2C2H6/c1-11-6-5-9-13(14-11)15-10-12-7-3-2-4-8-12;1-5-3-2-4-6(8)7-5;2*1-2/h2-9,13-14H,10H2,1H3;2-4H,1H3,(H,7,8);2*1-2H3. The van der Waals surface area contributed by atoms with Crippen molar-refractivity contribution in [3.05, 3.63) is 94.1 Å². The van der Waals surface area contributed by atoms with Crippen LogP contribution in [0.1, 0.15) is 45.9 Å². The number of nitrogens with one attached hydrogen (secondary N) is 2. The Labute approximate surface area is 164 Å². The summed E-state index contributed by atoms with van der Waals surface area (Å²) in [5, 5.41) is 3.24. The summed E-state index contributed by atoms with van der Waals surface area (Å²) >= 11 is 0. The third-order valence-corrected chi connectivity index (χ3v) is 3.19. The van der Waals surface area contributed by atoms with E-state index < -0.39 is 0 Å². The smallest absolute Gasteiger partial charge is 0.248 e. The maximum absolute atomic E-state index is 10.4. The molecule has 0 aliphatic carbocycles. The third-order valence-electron chi connectivity index (χ3n) is 3.19. The minimum absolute atomic E-state index is 0.00444. The number of ether oxygens (including phenoxy) is 1. The van der Waals surface area contributed by atoms with Crippen molar-refractivity contribution in [2.75, 3.05) is 0 Å². The average molecular weight is 371 g/mol. The molecule has 2 heterocycles. The van der Waals surface area contributed by atoms with Gasteiger partial charge < -0.3 is 15.0 Å². The molecule has 1 aliphatic rings. The number of benzene rings is 1. The lowest BCUT2D eigenvalue weighted by Crippen LogP contribution is -2.29. The first-order valence-corrected chi connectivity index (χ1v) is 9.56. The first kappa shape index (κ1) is 24.4. The fourth-order valence-corrected chi connectivity index (χ4v) is 2.04. The van der Waals surface area contributed by atoms with Gasteiger partial charge in [-0.1, -0.05) is 70.2 Å². The molecular weight excluding hydrogens is 336 g/mol. The molecule has 1 atom stereocenters. The molecule has 148 valence electrons. The van der Waals surface area contributed by atoms with Crippen LogP contribution < -0.4 is 10.9 Å². The highest BCUT2D eigenvalue weighted by atomic mass is 16.5. The molecule has 1 unspecified atom stereocenters. The van der Waals surface area contributed by atoms with Crippen LogP contribution in [0.4, 0.5) is 0 Å². The predicted molar refractivity (Wildman–Crippen MR) is 116 cm³/mol. The molecule has 0 radical (unpaired) electrons. The summed E-state index contributed by atoms with van der Waals surface area (Å²) in [6.07, 6.45) is 6.05. The number of aryl methyl sites for hydroxylation is 1. The van der Waals surface area contributed by atoms with Gasteiger partial charge in [0.25, 0.3) is 0 Å². The summed E-state index contributed by atoms with van der Waals surface area (Å²) in [5.74, 6) is 0. The van der Waals surface area contributed by atoms with E-state index in [1.807, 2.05) is 84.0 Å². The number of H-pyrrole nitrogens is 1. The lowest BCUT2D eigenvalue weighted by molar-refractivity contribution is 0.0556. The lowest BCUT2D eigenvalue weighted by atomic mass is 10.2. The average Bonchev–Trinajstić information content (AvgIpc) is 2.71. The quantitative estimate of drug-likeness (QED) is 0.768. The van der Waals surface area contributed by atoms with Crippen LogP contribution in [0.5, 0.6) is 0 Å². The SMILES string of the molecule is CC.CC.CC1=CC=CC(OCc2ccccc2)N1.Cc1cccc(=O)[nH]1. The molecule has 0 bridgehead atoms. The maximum atomic E-state index is 10.4. The van der Waals surface area contributed by atoms with Crippen molar-refractivity contribution in [1.82, 2.24) is 10.3 Å². The molecule has 0 saturated carbocycles. The van der Waals surface area contributed by atoms with Gasteiger partial charge in [-0.15, -0.1) is 0 Å². The second kappa shape index (κ2) is 15.6. The number of rotatable bonds is 3. The fraction of sp³-hybridized carbons (Fsp3) is 0.348. The summed E-state index contributed by atoms with van der Waals surface area (Å²) in [5.41, 5.74) is 3.19. The number of aromatic nitrogens is 1. The van der Waals surface area contributed by atoms with E-state index in [1.165, 1.54) is 11.6 Å². The van der Waals surface area contributed by atoms with E-state index in [1.54, 1.807) is 6.07 Å². The van der Waals surface area contributed by atoms with Crippen LogP contribution in [0.2, 0.25) is 0 Å². The van der Waals surface area contributed by atoms with Crippen molar-refractivity contribution in [1.29, 1.82) is 0 Å². The van der Waals surface area contributed by atoms with Crippen molar-refractivity contribution in [3.8, 4) is 0 Å². The van der Waals surface area contributed by atoms with E-state index in [0.29, 0.717) is 6.61 Å². The minimum Gasteiger partial charge on any atom is -0.360 e. The second-order valence-corrected chi connectivity index (χ2v) is 5.29. The van der Waals surface area contributed by atoms with Crippen LogP contribution in [-0.2, 0) is 11.3 Å². The Morgan fingerprint density at radius 1 is 0.926 bits per heavy atom. The van der Waals surface area contributed by atoms with Gasteiger partial charge >= 0.3 is 0 Å². The van der Waals surface area contributed by atoms with E-state index in [9.17, 15) is 4.79 Å². The van der Waals surface area contributed by atoms with Crippen molar-refractivity contribution < 1.29 is 4.74 Å². The van der Waals surface area contributed by atoms with Gasteiger partial charge in [-0.2, -0.15) is 0 Å². The zero-order chi connectivity index (χ0) is 20.5. The molecular formula is C23H34N2O2. The summed E-state index contributed by atoms with van der Waals surface area (Å²) in [7, 11) is 0. The molecule has 3 rings (SSSR count). The van der Waals surface area contributed by atoms with Gasteiger partial charge in [-0.25, -0.2) is 0 Å². The number of pyridine rings is 1. The Bertz CT molecular complexity index is 718. The van der Waals surface area contributed by atoms with Crippen molar-refractivity contribution in [3.63, 3.8) is 0 Å². The highest BCUT2D eigenvalue weighted by Crippen LogP contribution is 2.07. The molecule has 0 saturated heterocycles. The third kappa shape index (κ3) is 11.6. The van der Waals surface area contributed by atoms with Crippen molar-refractivity contribution in [2.45, 2.75) is 54.4 Å². The van der Waals surface area contributed by atoms with E-state index in [0.717, 1.165) is 11.4 Å². The molecule has 1 aromatic heterocycles. The number of hydrogen-bond acceptors (Lipinski definition) is 3. The van der Waals surface area contributed by atoms with Crippen molar-refractivity contribution >= 4 is 0 Å². The van der Waals surface area contributed by atoms with Gasteiger partial charge in [0.1, 0.15) is 6.23 Å². The van der Waals surface area contributed by atoms with Gasteiger partial charge in [0.2, 0.25) is 5.56 Å². The van der Waals surface area contributed by atoms with Gasteiger partial charge in [0, 0.05) is 17.5 Å². The Kier molecular flexibility index (Phi) is 14.1. The zero-order valence-corrected chi connectivity index (χ0v) is 17.5. The molecule has 2 N–H and O–H groups in total. The van der Waals surface area contributed by atoms with Crippen LogP contribution >= 0.6 is 0 Å². The second-order valence-electron chi connectivity index (χ2n) is 5.29. The van der Waals surface area contributed by atoms with Gasteiger partial charge in [0.15, 0.2) is 0 Å². The summed E-state index contributed by atoms with van der Waals surface area (Å²) in [6, 6.07) is 15.3. The van der Waals surface area contributed by atoms with Gasteiger partial charge in [-0.05, 0) is 37.6 Å². The topological polar surface area (TPSA) is 54.1 Å². The van der Waals surface area contributed by atoms with Crippen molar-refractivity contribution in [2.24, 2.45) is 0 Å². The van der Waals surface area contributed by atoms with Crippen LogP contribution in [-0.4, -0.2) is 11.2 Å². The lowest BCUT2D eigenvalue weighted by Gasteiger charge is -2.20. The largest absolute Gasteiger partial charge is 0.360 e. The summed E-state index contributed by atoms with van der Waals surface area (Å²) in [4.78, 5) is 13.0. The molecule has 2 aromatic rings. The van der Waals surface area contributed by atoms with E-state index in [-0.39, 0.29) is 11.8 Å². The molecule has 0 spiro atoms. The predicted octanol–water partition coefficient (Wildman–Crippen LogP) is 5.33. The molecule has 1 aliphatic heterocycles. The zero-order valence-electron chi connectivity index (χ0n) is 17.5. The summed E-state index contributed by atoms with van der Waals surface area (Å²) < 4.78 is 5.70. The molecule has 1 aromatic carbocycles. The monoisotopic (exact) mass is 370 g/mol. The minimum atomic E-state index is -0.0370. The molecule has 0 amide bonds. The van der Waals surface area contributed by atoms with Gasteiger partial charge in [0.05, 0.1) is 6.61 Å². The highest BCUT2D eigenvalue weighted by Gasteiger charge is 2.06. The fourth-order valence-electron chi connectivity index (χ4n) is 2.04. The van der Waals surface area contributed by atoms with Crippen LogP contribution in [0.3, 0.4) is 0 Å². The van der Waals surface area contributed by atoms with Crippen LogP contribution in [0, 0.1) is 6.92 Å². The van der Waals surface area contributed by atoms with Crippen LogP contribution in [0.15, 0.2) is 77.3 Å². The molecule has 0 fully saturated rings. The first-order valence-electron chi connectivity index (χ1n) is 9.56. The number of hydrogen-bond donors (Lipinski definition) is 2. The Morgan fingerprint density at radius 2 is 1.59 bits per heavy atom. The molecule has 27 heavy (non-hydrogen) atoms. The van der Waals surface area contributed by atoms with Crippen LogP contribution in [0.25, 0.3) is 0 Å². The Hall–Kier alpha value is -2.59. The highest BCUT2D eigenvalue weighted by molar-refractivity contribution is 5.17. The van der Waals surface area contributed by atoms with Gasteiger partial charge in [-0.3, -0.25) is 4.79 Å². The Balaban J connectivity index is 0.000000477. The molecule has 4 heteroatoms. The number of allylic oxidation sites excluding steroid dienone is 3. The van der Waals surface area contributed by atoms with E-state index in [4.69, 9.17) is 4.74 Å². The van der Waals surface area contributed by atoms with E-state index >= 15 is 0 Å². The maximum Gasteiger partial charge on any atom is 0.248 e.